The third-order valence-corrected chi connectivity index (χ3v) is 5.62. The lowest BCUT2D eigenvalue weighted by molar-refractivity contribution is 0.0300. The molecule has 0 bridgehead atoms. The minimum atomic E-state index is -1.47. The smallest absolute Gasteiger partial charge is 0.275 e. The van der Waals surface area contributed by atoms with Crippen molar-refractivity contribution in [2.24, 2.45) is 0 Å². The highest BCUT2D eigenvalue weighted by Gasteiger charge is 2.31. The predicted octanol–water partition coefficient (Wildman–Crippen LogP) is 0.916. The number of aliphatic hydroxyl groups is 1. The van der Waals surface area contributed by atoms with E-state index < -0.39 is 5.60 Å². The third-order valence-electron chi connectivity index (χ3n) is 5.62. The predicted molar refractivity (Wildman–Crippen MR) is 118 cm³/mol. The molecule has 1 fully saturated rings. The van der Waals surface area contributed by atoms with E-state index >= 15 is 0 Å². The molecule has 168 valence electrons. The first-order chi connectivity index (χ1) is 15.9. The van der Waals surface area contributed by atoms with Crippen molar-refractivity contribution < 1.29 is 14.6 Å². The van der Waals surface area contributed by atoms with Crippen LogP contribution in [0.5, 0.6) is 0 Å². The van der Waals surface area contributed by atoms with Crippen LogP contribution >= 0.6 is 0 Å². The van der Waals surface area contributed by atoms with Gasteiger partial charge in [0.2, 0.25) is 5.95 Å². The van der Waals surface area contributed by atoms with Crippen molar-refractivity contribution >= 4 is 22.8 Å². The van der Waals surface area contributed by atoms with E-state index in [1.54, 1.807) is 54.5 Å². The zero-order valence-electron chi connectivity index (χ0n) is 17.9. The van der Waals surface area contributed by atoms with Crippen molar-refractivity contribution in [3.63, 3.8) is 0 Å². The number of hydrogen-bond donors (Lipinski definition) is 2. The van der Waals surface area contributed by atoms with E-state index in [0.29, 0.717) is 48.6 Å². The monoisotopic (exact) mass is 446 g/mol. The number of rotatable bonds is 4. The Morgan fingerprint density at radius 3 is 2.61 bits per heavy atom. The van der Waals surface area contributed by atoms with Crippen LogP contribution in [0.3, 0.4) is 0 Å². The van der Waals surface area contributed by atoms with Crippen molar-refractivity contribution in [3.8, 4) is 5.82 Å². The van der Waals surface area contributed by atoms with E-state index in [0.717, 1.165) is 0 Å². The van der Waals surface area contributed by atoms with Crippen LogP contribution in [-0.2, 0) is 10.3 Å². The normalized spacial score (nSPS) is 16.0. The quantitative estimate of drug-likeness (QED) is 0.467. The molecule has 4 heterocycles. The third kappa shape index (κ3) is 3.77. The molecule has 1 aliphatic rings. The SMILES string of the molecule is CC(O)(c1ccc2c(C(=O)N3CCOCC3)nn(-c3ccnc(N)n3)c2c1)c1ncccn1. The number of carbonyl (C=O) groups excluding carboxylic acids is 1. The lowest BCUT2D eigenvalue weighted by Crippen LogP contribution is -2.41. The maximum atomic E-state index is 13.3. The van der Waals surface area contributed by atoms with Crippen molar-refractivity contribution in [3.05, 3.63) is 66.0 Å². The zero-order chi connectivity index (χ0) is 23.0. The van der Waals surface area contributed by atoms with Gasteiger partial charge in [-0.05, 0) is 30.7 Å². The van der Waals surface area contributed by atoms with Crippen LogP contribution in [0.1, 0.15) is 28.8 Å². The largest absolute Gasteiger partial charge is 0.378 e. The van der Waals surface area contributed by atoms with Crippen LogP contribution in [0, 0.1) is 0 Å². The minimum Gasteiger partial charge on any atom is -0.378 e. The molecule has 3 aromatic heterocycles. The molecule has 1 saturated heterocycles. The number of aromatic nitrogens is 6. The lowest BCUT2D eigenvalue weighted by atomic mass is 9.94. The Bertz CT molecular complexity index is 1320. The van der Waals surface area contributed by atoms with Gasteiger partial charge in [-0.2, -0.15) is 10.1 Å². The van der Waals surface area contributed by atoms with Crippen LogP contribution in [0.25, 0.3) is 16.7 Å². The van der Waals surface area contributed by atoms with Gasteiger partial charge in [-0.15, -0.1) is 0 Å². The van der Waals surface area contributed by atoms with E-state index in [-0.39, 0.29) is 23.4 Å². The molecule has 1 amide bonds. The van der Waals surface area contributed by atoms with Crippen LogP contribution in [0.15, 0.2) is 48.9 Å². The molecule has 0 spiro atoms. The van der Waals surface area contributed by atoms with Gasteiger partial charge in [-0.25, -0.2) is 19.6 Å². The number of nitrogens with two attached hydrogens (primary N) is 1. The lowest BCUT2D eigenvalue weighted by Gasteiger charge is -2.26. The molecule has 1 aliphatic heterocycles. The average molecular weight is 446 g/mol. The molecule has 0 aliphatic carbocycles. The Hall–Kier alpha value is -3.96. The highest BCUT2D eigenvalue weighted by atomic mass is 16.5. The van der Waals surface area contributed by atoms with Gasteiger partial charge in [0.25, 0.3) is 5.91 Å². The van der Waals surface area contributed by atoms with Crippen LogP contribution < -0.4 is 5.73 Å². The zero-order valence-corrected chi connectivity index (χ0v) is 17.9. The second-order valence-corrected chi connectivity index (χ2v) is 7.81. The summed E-state index contributed by atoms with van der Waals surface area (Å²) in [4.78, 5) is 31.6. The summed E-state index contributed by atoms with van der Waals surface area (Å²) in [7, 11) is 0. The Morgan fingerprint density at radius 1 is 1.12 bits per heavy atom. The number of carbonyl (C=O) groups is 1. The highest BCUT2D eigenvalue weighted by molar-refractivity contribution is 6.05. The number of morpholine rings is 1. The fraction of sp³-hybridized carbons (Fsp3) is 0.273. The molecule has 11 nitrogen and oxygen atoms in total. The van der Waals surface area contributed by atoms with E-state index in [1.165, 1.54) is 10.9 Å². The summed E-state index contributed by atoms with van der Waals surface area (Å²) in [5.41, 5.74) is 5.72. The standard InChI is InChI=1S/C22H22N8O3/c1-22(32,20-24-6-2-7-25-20)14-3-4-15-16(13-14)30(17-5-8-26-21(23)27-17)28-18(15)19(31)29-9-11-33-12-10-29/h2-8,13,32H,9-12H2,1H3,(H2,23,26,27). The van der Waals surface area contributed by atoms with Gasteiger partial charge in [0.15, 0.2) is 17.3 Å². The summed E-state index contributed by atoms with van der Waals surface area (Å²) in [5.74, 6) is 0.542. The number of hydrogen-bond acceptors (Lipinski definition) is 9. The van der Waals surface area contributed by atoms with Gasteiger partial charge >= 0.3 is 0 Å². The van der Waals surface area contributed by atoms with Gasteiger partial charge in [-0.3, -0.25) is 4.79 Å². The molecule has 5 rings (SSSR count). The van der Waals surface area contributed by atoms with Gasteiger partial charge in [0.1, 0.15) is 5.60 Å². The number of amides is 1. The fourth-order valence-corrected chi connectivity index (χ4v) is 3.83. The number of nitrogens with zero attached hydrogens (tertiary/aromatic N) is 7. The summed E-state index contributed by atoms with van der Waals surface area (Å²) in [6.45, 7) is 3.57. The number of ether oxygens (including phenoxy) is 1. The molecular formula is C22H22N8O3. The summed E-state index contributed by atoms with van der Waals surface area (Å²) < 4.78 is 6.90. The van der Waals surface area contributed by atoms with Crippen molar-refractivity contribution in [1.29, 1.82) is 0 Å². The Kier molecular flexibility index (Phi) is 5.19. The number of nitrogen functional groups attached to an aromatic ring is 1. The van der Waals surface area contributed by atoms with Gasteiger partial charge in [-0.1, -0.05) is 6.07 Å². The number of anilines is 1. The van der Waals surface area contributed by atoms with E-state index in [2.05, 4.69) is 25.0 Å². The van der Waals surface area contributed by atoms with Gasteiger partial charge in [0, 0.05) is 43.1 Å². The number of benzene rings is 1. The topological polar surface area (TPSA) is 145 Å². The highest BCUT2D eigenvalue weighted by Crippen LogP contribution is 2.31. The minimum absolute atomic E-state index is 0.0815. The molecule has 4 aromatic rings. The van der Waals surface area contributed by atoms with Crippen LogP contribution in [0.2, 0.25) is 0 Å². The first-order valence-electron chi connectivity index (χ1n) is 10.4. The molecular weight excluding hydrogens is 424 g/mol. The van der Waals surface area contributed by atoms with Crippen molar-refractivity contribution in [1.82, 2.24) is 34.6 Å². The molecule has 1 aromatic carbocycles. The first-order valence-corrected chi connectivity index (χ1v) is 10.4. The Morgan fingerprint density at radius 2 is 1.88 bits per heavy atom. The van der Waals surface area contributed by atoms with Crippen LogP contribution in [0.4, 0.5) is 5.95 Å². The van der Waals surface area contributed by atoms with Crippen molar-refractivity contribution in [2.45, 2.75) is 12.5 Å². The maximum absolute atomic E-state index is 13.3. The Balaban J connectivity index is 1.68. The molecule has 33 heavy (non-hydrogen) atoms. The fourth-order valence-electron chi connectivity index (χ4n) is 3.83. The van der Waals surface area contributed by atoms with E-state index in [9.17, 15) is 9.90 Å². The van der Waals surface area contributed by atoms with Crippen LogP contribution in [-0.4, -0.2) is 71.9 Å². The summed E-state index contributed by atoms with van der Waals surface area (Å²) in [6.07, 6.45) is 4.66. The summed E-state index contributed by atoms with van der Waals surface area (Å²) in [6, 6.07) is 8.60. The first kappa shape index (κ1) is 20.9. The molecule has 3 N–H and O–H groups in total. The second kappa shape index (κ2) is 8.19. The van der Waals surface area contributed by atoms with Gasteiger partial charge in [0.05, 0.1) is 18.7 Å². The average Bonchev–Trinajstić information content (AvgIpc) is 3.23. The number of fused-ring (bicyclic) bond motifs is 1. The molecule has 1 atom stereocenters. The van der Waals surface area contributed by atoms with E-state index in [4.69, 9.17) is 10.5 Å². The van der Waals surface area contributed by atoms with Crippen molar-refractivity contribution in [2.75, 3.05) is 32.0 Å². The maximum Gasteiger partial charge on any atom is 0.275 e. The second-order valence-electron chi connectivity index (χ2n) is 7.81. The molecule has 0 saturated carbocycles. The molecule has 11 heteroatoms. The summed E-state index contributed by atoms with van der Waals surface area (Å²) in [5, 5.41) is 16.5. The molecule has 1 unspecified atom stereocenters. The van der Waals surface area contributed by atoms with Gasteiger partial charge < -0.3 is 20.5 Å². The van der Waals surface area contributed by atoms with E-state index in [1.807, 2.05) is 0 Å². The Labute approximate surface area is 188 Å². The summed E-state index contributed by atoms with van der Waals surface area (Å²) >= 11 is 0. The molecule has 0 radical (unpaired) electrons.